The van der Waals surface area contributed by atoms with Crippen LogP contribution in [0.1, 0.15) is 0 Å². The lowest BCUT2D eigenvalue weighted by Crippen LogP contribution is -1.90. The van der Waals surface area contributed by atoms with Crippen LogP contribution in [-0.2, 0) is 0 Å². The molecule has 0 aromatic heterocycles. The zero-order chi connectivity index (χ0) is 9.30. The van der Waals surface area contributed by atoms with Gasteiger partial charge in [0.2, 0.25) is 0 Å². The van der Waals surface area contributed by atoms with Crippen LogP contribution in [0.15, 0.2) is 6.07 Å². The van der Waals surface area contributed by atoms with Crippen LogP contribution in [-0.4, -0.2) is 17.3 Å². The zero-order valence-electron chi connectivity index (χ0n) is 6.14. The molecule has 1 aromatic carbocycles. The van der Waals surface area contributed by atoms with Crippen molar-refractivity contribution >= 4 is 45.2 Å². The summed E-state index contributed by atoms with van der Waals surface area (Å²) in [5, 5.41) is 18.5. The van der Waals surface area contributed by atoms with E-state index >= 15 is 0 Å². The van der Waals surface area contributed by atoms with Crippen LogP contribution < -0.4 is 4.74 Å². The SMILES string of the molecule is COc1c(I)cc(O)c(O)c1I. The highest BCUT2D eigenvalue weighted by Crippen LogP contribution is 2.39. The monoisotopic (exact) mass is 392 g/mol. The van der Waals surface area contributed by atoms with Crippen molar-refractivity contribution in [2.24, 2.45) is 0 Å². The molecule has 0 heterocycles. The van der Waals surface area contributed by atoms with Gasteiger partial charge in [0.25, 0.3) is 0 Å². The highest BCUT2D eigenvalue weighted by Gasteiger charge is 2.13. The number of aromatic hydroxyl groups is 2. The number of halogens is 2. The predicted molar refractivity (Wildman–Crippen MR) is 61.8 cm³/mol. The number of phenols is 2. The van der Waals surface area contributed by atoms with Crippen molar-refractivity contribution in [2.45, 2.75) is 0 Å². The van der Waals surface area contributed by atoms with Gasteiger partial charge in [-0.05, 0) is 45.2 Å². The van der Waals surface area contributed by atoms with E-state index in [-0.39, 0.29) is 11.5 Å². The molecule has 1 aromatic rings. The fourth-order valence-electron chi connectivity index (χ4n) is 0.766. The van der Waals surface area contributed by atoms with Crippen molar-refractivity contribution in [3.63, 3.8) is 0 Å². The molecule has 1 rings (SSSR count). The lowest BCUT2D eigenvalue weighted by Gasteiger charge is -2.08. The Morgan fingerprint density at radius 3 is 2.42 bits per heavy atom. The quantitative estimate of drug-likeness (QED) is 0.570. The van der Waals surface area contributed by atoms with Gasteiger partial charge >= 0.3 is 0 Å². The highest BCUT2D eigenvalue weighted by atomic mass is 127. The smallest absolute Gasteiger partial charge is 0.174 e. The molecule has 0 fully saturated rings. The molecule has 0 bridgehead atoms. The van der Waals surface area contributed by atoms with Crippen molar-refractivity contribution in [1.82, 2.24) is 0 Å². The van der Waals surface area contributed by atoms with Gasteiger partial charge in [-0.2, -0.15) is 0 Å². The van der Waals surface area contributed by atoms with E-state index in [0.717, 1.165) is 3.57 Å². The number of benzene rings is 1. The first-order chi connectivity index (χ1) is 5.57. The van der Waals surface area contributed by atoms with Gasteiger partial charge < -0.3 is 14.9 Å². The summed E-state index contributed by atoms with van der Waals surface area (Å²) in [7, 11) is 1.52. The number of methoxy groups -OCH3 is 1. The first kappa shape index (κ1) is 10.2. The van der Waals surface area contributed by atoms with Gasteiger partial charge in [-0.1, -0.05) is 0 Å². The molecule has 2 N–H and O–H groups in total. The minimum atomic E-state index is -0.132. The summed E-state index contributed by atoms with van der Waals surface area (Å²) in [4.78, 5) is 0. The average molecular weight is 392 g/mol. The second-order valence-electron chi connectivity index (χ2n) is 2.07. The van der Waals surface area contributed by atoms with Crippen LogP contribution in [0.4, 0.5) is 0 Å². The van der Waals surface area contributed by atoms with E-state index in [1.165, 1.54) is 13.2 Å². The average Bonchev–Trinajstić information content (AvgIpc) is 2.01. The molecule has 12 heavy (non-hydrogen) atoms. The fraction of sp³-hybridized carbons (Fsp3) is 0.143. The fourth-order valence-corrected chi connectivity index (χ4v) is 2.85. The van der Waals surface area contributed by atoms with Crippen LogP contribution in [0.2, 0.25) is 0 Å². The summed E-state index contributed by atoms with van der Waals surface area (Å²) >= 11 is 3.94. The molecular weight excluding hydrogens is 386 g/mol. The third-order valence-electron chi connectivity index (χ3n) is 1.33. The summed E-state index contributed by atoms with van der Waals surface area (Å²) in [5.74, 6) is 0.337. The summed E-state index contributed by atoms with van der Waals surface area (Å²) in [5.41, 5.74) is 0. The van der Waals surface area contributed by atoms with Crippen molar-refractivity contribution in [2.75, 3.05) is 7.11 Å². The second-order valence-corrected chi connectivity index (χ2v) is 4.31. The molecule has 3 nitrogen and oxygen atoms in total. The Morgan fingerprint density at radius 1 is 1.33 bits per heavy atom. The maximum absolute atomic E-state index is 9.30. The molecule has 0 radical (unpaired) electrons. The third-order valence-corrected chi connectivity index (χ3v) is 3.14. The Hall–Kier alpha value is 0.0800. The molecule has 66 valence electrons. The lowest BCUT2D eigenvalue weighted by molar-refractivity contribution is 0.379. The highest BCUT2D eigenvalue weighted by molar-refractivity contribution is 14.1. The van der Waals surface area contributed by atoms with Gasteiger partial charge in [0.15, 0.2) is 11.5 Å². The van der Waals surface area contributed by atoms with E-state index in [1.807, 2.05) is 45.2 Å². The molecule has 0 unspecified atom stereocenters. The number of hydrogen-bond acceptors (Lipinski definition) is 3. The predicted octanol–water partition coefficient (Wildman–Crippen LogP) is 2.32. The Morgan fingerprint density at radius 2 is 1.92 bits per heavy atom. The maximum Gasteiger partial charge on any atom is 0.174 e. The molecule has 0 aliphatic rings. The van der Waals surface area contributed by atoms with E-state index < -0.39 is 0 Å². The van der Waals surface area contributed by atoms with Crippen molar-refractivity contribution < 1.29 is 14.9 Å². The summed E-state index contributed by atoms with van der Waals surface area (Å²) < 4.78 is 6.33. The molecule has 0 aliphatic heterocycles. The maximum atomic E-state index is 9.30. The third kappa shape index (κ3) is 1.70. The van der Waals surface area contributed by atoms with E-state index in [9.17, 15) is 10.2 Å². The van der Waals surface area contributed by atoms with E-state index in [2.05, 4.69) is 0 Å². The largest absolute Gasteiger partial charge is 0.504 e. The van der Waals surface area contributed by atoms with Gasteiger partial charge in [0, 0.05) is 6.07 Å². The normalized spacial score (nSPS) is 9.92. The minimum Gasteiger partial charge on any atom is -0.504 e. The molecule has 0 aliphatic carbocycles. The Kier molecular flexibility index (Phi) is 3.27. The Balaban J connectivity index is 3.40. The van der Waals surface area contributed by atoms with E-state index in [4.69, 9.17) is 4.74 Å². The number of ether oxygens (including phenoxy) is 1. The summed E-state index contributed by atoms with van der Waals surface area (Å²) in [6.45, 7) is 0. The van der Waals surface area contributed by atoms with E-state index in [0.29, 0.717) is 9.32 Å². The van der Waals surface area contributed by atoms with Crippen LogP contribution >= 0.6 is 45.2 Å². The van der Waals surface area contributed by atoms with Crippen molar-refractivity contribution in [1.29, 1.82) is 0 Å². The Labute approximate surface area is 97.0 Å². The van der Waals surface area contributed by atoms with Gasteiger partial charge in [-0.3, -0.25) is 0 Å². The van der Waals surface area contributed by atoms with Crippen molar-refractivity contribution in [3.05, 3.63) is 13.2 Å². The molecule has 0 atom stereocenters. The van der Waals surface area contributed by atoms with Crippen LogP contribution in [0.25, 0.3) is 0 Å². The van der Waals surface area contributed by atoms with E-state index in [1.54, 1.807) is 0 Å². The molecular formula is C7H6I2O3. The first-order valence-electron chi connectivity index (χ1n) is 3.01. The topological polar surface area (TPSA) is 49.7 Å². The van der Waals surface area contributed by atoms with Gasteiger partial charge in [-0.25, -0.2) is 0 Å². The summed E-state index contributed by atoms with van der Waals surface area (Å²) in [6.07, 6.45) is 0. The van der Waals surface area contributed by atoms with Crippen LogP contribution in [0.5, 0.6) is 17.2 Å². The first-order valence-corrected chi connectivity index (χ1v) is 5.17. The minimum absolute atomic E-state index is 0.121. The molecule has 0 amide bonds. The van der Waals surface area contributed by atoms with Crippen LogP contribution in [0.3, 0.4) is 0 Å². The molecule has 0 saturated heterocycles. The second kappa shape index (κ2) is 3.86. The van der Waals surface area contributed by atoms with Crippen molar-refractivity contribution in [3.8, 4) is 17.2 Å². The Bertz CT molecular complexity index is 312. The number of rotatable bonds is 1. The zero-order valence-corrected chi connectivity index (χ0v) is 10.5. The van der Waals surface area contributed by atoms with Gasteiger partial charge in [0.1, 0.15) is 9.32 Å². The number of hydrogen-bond donors (Lipinski definition) is 2. The van der Waals surface area contributed by atoms with Crippen LogP contribution in [0, 0.1) is 7.14 Å². The standard InChI is InChI=1S/C7H6I2O3/c1-12-7-3(8)2-4(10)6(11)5(7)9/h2,10-11H,1H3. The molecule has 5 heteroatoms. The summed E-state index contributed by atoms with van der Waals surface area (Å²) in [6, 6.07) is 1.46. The molecule has 0 spiro atoms. The van der Waals surface area contributed by atoms with Gasteiger partial charge in [-0.15, -0.1) is 0 Å². The molecule has 0 saturated carbocycles. The lowest BCUT2D eigenvalue weighted by atomic mass is 10.3. The number of phenolic OH excluding ortho intramolecular Hbond substituents is 2. The van der Waals surface area contributed by atoms with Gasteiger partial charge in [0.05, 0.1) is 10.7 Å².